The van der Waals surface area contributed by atoms with E-state index in [4.69, 9.17) is 11.6 Å². The molecule has 0 radical (unpaired) electrons. The van der Waals surface area contributed by atoms with Crippen LogP contribution >= 0.6 is 27.5 Å². The molecule has 1 N–H and O–H groups in total. The summed E-state index contributed by atoms with van der Waals surface area (Å²) >= 11 is 9.56. The number of aryl methyl sites for hydroxylation is 1. The molecule has 2 aromatic rings. The van der Waals surface area contributed by atoms with Crippen molar-refractivity contribution in [2.75, 3.05) is 5.32 Å². The van der Waals surface area contributed by atoms with Crippen LogP contribution in [0.2, 0.25) is 5.02 Å². The maximum atomic E-state index is 6.13. The van der Waals surface area contributed by atoms with Crippen LogP contribution in [0.3, 0.4) is 0 Å². The van der Waals surface area contributed by atoms with Crippen molar-refractivity contribution >= 4 is 33.2 Å². The Bertz CT molecular complexity index is 524. The van der Waals surface area contributed by atoms with Crippen LogP contribution in [0.15, 0.2) is 35.1 Å². The first-order valence-electron chi connectivity index (χ1n) is 5.26. The number of hydrogen-bond donors (Lipinski definition) is 1. The fourth-order valence-electron chi connectivity index (χ4n) is 1.70. The maximum Gasteiger partial charge on any atom is 0.130 e. The SMILES string of the molecule is CC(Nc1cc(Br)ccc1Cl)c1nccn1C. The number of nitrogens with one attached hydrogen (secondary N) is 1. The van der Waals surface area contributed by atoms with E-state index in [-0.39, 0.29) is 6.04 Å². The molecule has 1 atom stereocenters. The monoisotopic (exact) mass is 313 g/mol. The molecule has 1 heterocycles. The molecule has 17 heavy (non-hydrogen) atoms. The van der Waals surface area contributed by atoms with Crippen LogP contribution < -0.4 is 5.32 Å². The van der Waals surface area contributed by atoms with Gasteiger partial charge in [-0.2, -0.15) is 0 Å². The van der Waals surface area contributed by atoms with Crippen LogP contribution in [-0.2, 0) is 7.05 Å². The van der Waals surface area contributed by atoms with Gasteiger partial charge in [-0.15, -0.1) is 0 Å². The van der Waals surface area contributed by atoms with E-state index >= 15 is 0 Å². The van der Waals surface area contributed by atoms with E-state index in [9.17, 15) is 0 Å². The van der Waals surface area contributed by atoms with E-state index in [0.29, 0.717) is 5.02 Å². The minimum absolute atomic E-state index is 0.0989. The molecular formula is C12H13BrClN3. The first-order chi connectivity index (χ1) is 8.08. The van der Waals surface area contributed by atoms with E-state index in [1.807, 2.05) is 36.0 Å². The summed E-state index contributed by atoms with van der Waals surface area (Å²) in [6.45, 7) is 2.06. The van der Waals surface area contributed by atoms with Crippen LogP contribution in [-0.4, -0.2) is 9.55 Å². The van der Waals surface area contributed by atoms with Crippen LogP contribution in [0.1, 0.15) is 18.8 Å². The summed E-state index contributed by atoms with van der Waals surface area (Å²) in [6.07, 6.45) is 3.71. The highest BCUT2D eigenvalue weighted by atomic mass is 79.9. The summed E-state index contributed by atoms with van der Waals surface area (Å²) in [5.41, 5.74) is 0.900. The largest absolute Gasteiger partial charge is 0.374 e. The molecule has 0 amide bonds. The van der Waals surface area contributed by atoms with Gasteiger partial charge in [0.25, 0.3) is 0 Å². The van der Waals surface area contributed by atoms with Crippen molar-refractivity contribution < 1.29 is 0 Å². The molecule has 1 aromatic heterocycles. The van der Waals surface area contributed by atoms with Gasteiger partial charge >= 0.3 is 0 Å². The van der Waals surface area contributed by atoms with Crippen molar-refractivity contribution in [2.24, 2.45) is 7.05 Å². The van der Waals surface area contributed by atoms with Gasteiger partial charge in [0.05, 0.1) is 16.8 Å². The number of anilines is 1. The lowest BCUT2D eigenvalue weighted by molar-refractivity contribution is 0.722. The van der Waals surface area contributed by atoms with Crippen LogP contribution in [0.25, 0.3) is 0 Å². The van der Waals surface area contributed by atoms with Gasteiger partial charge in [-0.05, 0) is 25.1 Å². The number of hydrogen-bond acceptors (Lipinski definition) is 2. The Hall–Kier alpha value is -1.00. The molecule has 0 saturated heterocycles. The van der Waals surface area contributed by atoms with Gasteiger partial charge in [-0.1, -0.05) is 27.5 Å². The summed E-state index contributed by atoms with van der Waals surface area (Å²) in [7, 11) is 1.98. The zero-order valence-corrected chi connectivity index (χ0v) is 12.0. The quantitative estimate of drug-likeness (QED) is 0.927. The van der Waals surface area contributed by atoms with Crippen molar-refractivity contribution in [2.45, 2.75) is 13.0 Å². The van der Waals surface area contributed by atoms with Crippen molar-refractivity contribution in [3.63, 3.8) is 0 Å². The Labute approximate surface area is 114 Å². The minimum atomic E-state index is 0.0989. The topological polar surface area (TPSA) is 29.9 Å². The lowest BCUT2D eigenvalue weighted by Crippen LogP contribution is -2.12. The summed E-state index contributed by atoms with van der Waals surface area (Å²) in [4.78, 5) is 4.31. The Morgan fingerprint density at radius 1 is 1.47 bits per heavy atom. The molecule has 1 aromatic carbocycles. The third-order valence-electron chi connectivity index (χ3n) is 2.55. The number of benzene rings is 1. The van der Waals surface area contributed by atoms with E-state index in [1.165, 1.54) is 0 Å². The van der Waals surface area contributed by atoms with E-state index in [2.05, 4.69) is 33.2 Å². The highest BCUT2D eigenvalue weighted by molar-refractivity contribution is 9.10. The third kappa shape index (κ3) is 2.82. The Balaban J connectivity index is 2.21. The van der Waals surface area contributed by atoms with Crippen LogP contribution in [0.4, 0.5) is 5.69 Å². The van der Waals surface area contributed by atoms with Crippen molar-refractivity contribution in [3.05, 3.63) is 45.9 Å². The molecule has 5 heteroatoms. The van der Waals surface area contributed by atoms with E-state index in [1.54, 1.807) is 6.20 Å². The molecule has 3 nitrogen and oxygen atoms in total. The van der Waals surface area contributed by atoms with Gasteiger partial charge in [-0.3, -0.25) is 0 Å². The van der Waals surface area contributed by atoms with E-state index < -0.39 is 0 Å². The molecule has 90 valence electrons. The average Bonchev–Trinajstić information content (AvgIpc) is 2.70. The highest BCUT2D eigenvalue weighted by Crippen LogP contribution is 2.28. The normalized spacial score (nSPS) is 12.5. The Kier molecular flexibility index (Phi) is 3.74. The molecule has 0 bridgehead atoms. The third-order valence-corrected chi connectivity index (χ3v) is 3.37. The van der Waals surface area contributed by atoms with Crippen molar-refractivity contribution in [3.8, 4) is 0 Å². The van der Waals surface area contributed by atoms with Crippen LogP contribution in [0, 0.1) is 0 Å². The number of aromatic nitrogens is 2. The number of imidazole rings is 1. The van der Waals surface area contributed by atoms with Crippen LogP contribution in [0.5, 0.6) is 0 Å². The fraction of sp³-hybridized carbons (Fsp3) is 0.250. The van der Waals surface area contributed by atoms with Gasteiger partial charge in [0.1, 0.15) is 5.82 Å². The second-order valence-electron chi connectivity index (χ2n) is 3.89. The second kappa shape index (κ2) is 5.10. The summed E-state index contributed by atoms with van der Waals surface area (Å²) in [5, 5.41) is 4.05. The van der Waals surface area contributed by atoms with Gasteiger partial charge in [0, 0.05) is 23.9 Å². The lowest BCUT2D eigenvalue weighted by atomic mass is 10.2. The average molecular weight is 315 g/mol. The van der Waals surface area contributed by atoms with E-state index in [0.717, 1.165) is 16.0 Å². The van der Waals surface area contributed by atoms with Gasteiger partial charge in [0.15, 0.2) is 0 Å². The number of nitrogens with zero attached hydrogens (tertiary/aromatic N) is 2. The molecule has 0 aliphatic carbocycles. The zero-order valence-electron chi connectivity index (χ0n) is 9.61. The van der Waals surface area contributed by atoms with Gasteiger partial charge in [0.2, 0.25) is 0 Å². The summed E-state index contributed by atoms with van der Waals surface area (Å²) in [6, 6.07) is 5.83. The summed E-state index contributed by atoms with van der Waals surface area (Å²) in [5.74, 6) is 0.973. The van der Waals surface area contributed by atoms with Gasteiger partial charge in [-0.25, -0.2) is 4.98 Å². The molecule has 0 spiro atoms. The zero-order chi connectivity index (χ0) is 12.4. The molecule has 2 rings (SSSR count). The second-order valence-corrected chi connectivity index (χ2v) is 5.21. The van der Waals surface area contributed by atoms with Crippen molar-refractivity contribution in [1.82, 2.24) is 9.55 Å². The first kappa shape index (κ1) is 12.5. The predicted octanol–water partition coefficient (Wildman–Crippen LogP) is 4.01. The minimum Gasteiger partial charge on any atom is -0.374 e. The first-order valence-corrected chi connectivity index (χ1v) is 6.44. The lowest BCUT2D eigenvalue weighted by Gasteiger charge is -2.16. The smallest absolute Gasteiger partial charge is 0.130 e. The predicted molar refractivity (Wildman–Crippen MR) is 74.4 cm³/mol. The molecule has 0 aliphatic heterocycles. The molecular weight excluding hydrogens is 302 g/mol. The highest BCUT2D eigenvalue weighted by Gasteiger charge is 2.11. The van der Waals surface area contributed by atoms with Crippen molar-refractivity contribution in [1.29, 1.82) is 0 Å². The Morgan fingerprint density at radius 3 is 2.88 bits per heavy atom. The van der Waals surface area contributed by atoms with Gasteiger partial charge < -0.3 is 9.88 Å². The fourth-order valence-corrected chi connectivity index (χ4v) is 2.23. The number of rotatable bonds is 3. The molecule has 0 saturated carbocycles. The molecule has 0 fully saturated rings. The molecule has 0 aliphatic rings. The Morgan fingerprint density at radius 2 is 2.24 bits per heavy atom. The standard InChI is InChI=1S/C12H13BrClN3/c1-8(12-15-5-6-17(12)2)16-11-7-9(13)3-4-10(11)14/h3-8,16H,1-2H3. The number of halogens is 2. The maximum absolute atomic E-state index is 6.13. The molecule has 1 unspecified atom stereocenters. The summed E-state index contributed by atoms with van der Waals surface area (Å²) < 4.78 is 2.99.